The third kappa shape index (κ3) is 5.28. The van der Waals surface area contributed by atoms with Gasteiger partial charge in [-0.3, -0.25) is 14.4 Å². The number of carbonyl (C=O) groups is 3. The summed E-state index contributed by atoms with van der Waals surface area (Å²) in [4.78, 5) is 39.1. The minimum absolute atomic E-state index is 0.0188. The molecule has 0 saturated heterocycles. The van der Waals surface area contributed by atoms with Gasteiger partial charge in [-0.25, -0.2) is 0 Å². The molecule has 0 heterocycles. The van der Waals surface area contributed by atoms with E-state index in [9.17, 15) is 19.5 Å². The van der Waals surface area contributed by atoms with E-state index in [4.69, 9.17) is 4.74 Å². The van der Waals surface area contributed by atoms with Crippen molar-refractivity contribution in [2.75, 3.05) is 20.2 Å². The van der Waals surface area contributed by atoms with Crippen LogP contribution in [0.1, 0.15) is 92.1 Å². The number of hydrogen-bond donors (Lipinski definition) is 3. The first-order chi connectivity index (χ1) is 22.6. The Balaban J connectivity index is 1.14. The van der Waals surface area contributed by atoms with E-state index in [0.717, 1.165) is 67.4 Å². The summed E-state index contributed by atoms with van der Waals surface area (Å²) in [5.74, 6) is 0.556. The highest BCUT2D eigenvalue weighted by molar-refractivity contribution is 6.06. The van der Waals surface area contributed by atoms with Crippen LogP contribution in [0.5, 0.6) is 5.75 Å². The molecule has 2 amide bonds. The number of benzene rings is 1. The fraction of sp³-hybridized carbons (Fsp3) is 0.537. The van der Waals surface area contributed by atoms with Crippen LogP contribution in [-0.4, -0.2) is 42.9 Å². The molecule has 0 aromatic heterocycles. The minimum Gasteiger partial charge on any atom is -0.504 e. The number of aliphatic hydroxyl groups is 1. The standard InChI is InChI=1S/C41H52N2O5/c1-26-29-13-14-32-39(4,30(29)24-31(44)35(26)46)19-21-41(6)33-25-38(3,17-16-37(33,2)18-20-40(32,41)5)36(47)43-23-22-42-34(45)15-10-27-8-11-28(48-7)12-9-27/h8-15,24,33,46H,16-23,25H2,1-7H3,(H,42,45)(H,43,47)/b15-10+/t33-,37-,38-,39+,40-,41+/m1/s1. The van der Waals surface area contributed by atoms with Crippen LogP contribution in [0.15, 0.2) is 76.6 Å². The van der Waals surface area contributed by atoms with Gasteiger partial charge in [-0.15, -0.1) is 0 Å². The SMILES string of the molecule is COc1ccc(/C=C/C(=O)NCCNC(=O)[C@]2(C)CC[C@]3(C)CC[C@]4(C)C5=CC=C6C(=CC(=O)C(O)=C6C)[C@]5(C)CC[C@@]4(C)[C@@H]3C2)cc1. The molecule has 1 aromatic rings. The van der Waals surface area contributed by atoms with E-state index in [1.807, 2.05) is 31.2 Å². The summed E-state index contributed by atoms with van der Waals surface area (Å²) in [6.45, 7) is 14.4. The van der Waals surface area contributed by atoms with Gasteiger partial charge in [-0.05, 0) is 115 Å². The van der Waals surface area contributed by atoms with Crippen LogP contribution in [-0.2, 0) is 14.4 Å². The number of ketones is 1. The second-order valence-electron chi connectivity index (χ2n) is 16.3. The average molecular weight is 653 g/mol. The second kappa shape index (κ2) is 11.9. The Kier molecular flexibility index (Phi) is 8.45. The molecule has 3 N–H and O–H groups in total. The van der Waals surface area contributed by atoms with Crippen molar-refractivity contribution < 1.29 is 24.2 Å². The summed E-state index contributed by atoms with van der Waals surface area (Å²) in [5, 5.41) is 16.5. The molecule has 0 radical (unpaired) electrons. The normalized spacial score (nSPS) is 35.7. The molecule has 5 aliphatic carbocycles. The minimum atomic E-state index is -0.490. The molecule has 3 saturated carbocycles. The van der Waals surface area contributed by atoms with Gasteiger partial charge in [0.1, 0.15) is 5.75 Å². The molecule has 256 valence electrons. The maximum absolute atomic E-state index is 13.8. The highest BCUT2D eigenvalue weighted by Crippen LogP contribution is 2.75. The predicted octanol–water partition coefficient (Wildman–Crippen LogP) is 7.57. The summed E-state index contributed by atoms with van der Waals surface area (Å²) in [7, 11) is 1.62. The van der Waals surface area contributed by atoms with Gasteiger partial charge < -0.3 is 20.5 Å². The summed E-state index contributed by atoms with van der Waals surface area (Å²) in [6.07, 6.45) is 16.2. The largest absolute Gasteiger partial charge is 0.504 e. The first-order valence-corrected chi connectivity index (χ1v) is 17.6. The number of hydrogen-bond acceptors (Lipinski definition) is 5. The summed E-state index contributed by atoms with van der Waals surface area (Å²) < 4.78 is 5.18. The molecule has 7 nitrogen and oxygen atoms in total. The molecular weight excluding hydrogens is 600 g/mol. The van der Waals surface area contributed by atoms with Gasteiger partial charge in [0.05, 0.1) is 7.11 Å². The summed E-state index contributed by atoms with van der Waals surface area (Å²) in [6, 6.07) is 7.48. The van der Waals surface area contributed by atoms with Gasteiger partial charge in [-0.1, -0.05) is 64.5 Å². The molecule has 0 bridgehead atoms. The van der Waals surface area contributed by atoms with Gasteiger partial charge >= 0.3 is 0 Å². The monoisotopic (exact) mass is 652 g/mol. The van der Waals surface area contributed by atoms with Gasteiger partial charge in [0, 0.05) is 35.6 Å². The molecule has 1 aromatic carbocycles. The predicted molar refractivity (Wildman–Crippen MR) is 189 cm³/mol. The van der Waals surface area contributed by atoms with Gasteiger partial charge in [0.2, 0.25) is 17.6 Å². The number of carbonyl (C=O) groups excluding carboxylic acids is 3. The quantitative estimate of drug-likeness (QED) is 0.208. The average Bonchev–Trinajstić information content (AvgIpc) is 3.07. The number of aliphatic hydroxyl groups excluding tert-OH is 1. The van der Waals surface area contributed by atoms with Crippen LogP contribution >= 0.6 is 0 Å². The second-order valence-corrected chi connectivity index (χ2v) is 16.3. The molecule has 0 spiro atoms. The Morgan fingerprint density at radius 3 is 2.33 bits per heavy atom. The Hall–Kier alpha value is -3.87. The van der Waals surface area contributed by atoms with Crippen LogP contribution in [0.25, 0.3) is 6.08 Å². The highest BCUT2D eigenvalue weighted by Gasteiger charge is 2.67. The van der Waals surface area contributed by atoms with E-state index < -0.39 is 5.41 Å². The van der Waals surface area contributed by atoms with Crippen LogP contribution in [0.4, 0.5) is 0 Å². The zero-order valence-corrected chi connectivity index (χ0v) is 29.7. The summed E-state index contributed by atoms with van der Waals surface area (Å²) in [5.41, 5.74) is 4.29. The Bertz CT molecular complexity index is 1700. The van der Waals surface area contributed by atoms with Crippen LogP contribution in [0.2, 0.25) is 0 Å². The number of rotatable bonds is 7. The van der Waals surface area contributed by atoms with Gasteiger partial charge in [0.15, 0.2) is 5.76 Å². The molecule has 6 atom stereocenters. The fourth-order valence-corrected chi connectivity index (χ4v) is 10.2. The molecule has 7 heteroatoms. The maximum atomic E-state index is 13.8. The van der Waals surface area contributed by atoms with Crippen LogP contribution < -0.4 is 15.4 Å². The number of amides is 2. The topological polar surface area (TPSA) is 105 Å². The Morgan fingerprint density at radius 2 is 1.62 bits per heavy atom. The van der Waals surface area contributed by atoms with E-state index in [0.29, 0.717) is 24.6 Å². The molecule has 0 unspecified atom stereocenters. The van der Waals surface area contributed by atoms with Crippen molar-refractivity contribution in [1.82, 2.24) is 10.6 Å². The first-order valence-electron chi connectivity index (χ1n) is 17.6. The third-order valence-electron chi connectivity index (χ3n) is 13.7. The molecule has 0 aliphatic heterocycles. The van der Waals surface area contributed by atoms with E-state index in [1.54, 1.807) is 19.3 Å². The third-order valence-corrected chi connectivity index (χ3v) is 13.7. The lowest BCUT2D eigenvalue weighted by Gasteiger charge is -2.70. The maximum Gasteiger partial charge on any atom is 0.244 e. The number of methoxy groups -OCH3 is 1. The Labute approximate surface area is 285 Å². The van der Waals surface area contributed by atoms with E-state index in [-0.39, 0.29) is 45.0 Å². The van der Waals surface area contributed by atoms with Crippen LogP contribution in [0, 0.1) is 33.0 Å². The molecule has 6 rings (SSSR count). The summed E-state index contributed by atoms with van der Waals surface area (Å²) >= 11 is 0. The highest BCUT2D eigenvalue weighted by atomic mass is 16.5. The van der Waals surface area contributed by atoms with E-state index in [1.165, 1.54) is 11.6 Å². The van der Waals surface area contributed by atoms with Crippen molar-refractivity contribution in [3.8, 4) is 5.75 Å². The van der Waals surface area contributed by atoms with Gasteiger partial charge in [-0.2, -0.15) is 0 Å². The smallest absolute Gasteiger partial charge is 0.244 e. The van der Waals surface area contributed by atoms with Crippen molar-refractivity contribution in [2.45, 2.75) is 86.5 Å². The molecule has 3 fully saturated rings. The zero-order valence-electron chi connectivity index (χ0n) is 29.7. The molecule has 48 heavy (non-hydrogen) atoms. The molecule has 5 aliphatic rings. The van der Waals surface area contributed by atoms with Crippen molar-refractivity contribution in [3.63, 3.8) is 0 Å². The van der Waals surface area contributed by atoms with Crippen molar-refractivity contribution in [2.24, 2.45) is 33.0 Å². The fourth-order valence-electron chi connectivity index (χ4n) is 10.2. The molecular formula is C41H52N2O5. The lowest BCUT2D eigenvalue weighted by molar-refractivity contribution is -0.169. The number of nitrogens with one attached hydrogen (secondary N) is 2. The number of fused-ring (bicyclic) bond motifs is 7. The van der Waals surface area contributed by atoms with Crippen LogP contribution in [0.3, 0.4) is 0 Å². The van der Waals surface area contributed by atoms with E-state index >= 15 is 0 Å². The van der Waals surface area contributed by atoms with Gasteiger partial charge in [0.25, 0.3) is 0 Å². The van der Waals surface area contributed by atoms with Crippen molar-refractivity contribution >= 4 is 23.7 Å². The Morgan fingerprint density at radius 1 is 0.938 bits per heavy atom. The number of ether oxygens (including phenoxy) is 1. The van der Waals surface area contributed by atoms with E-state index in [2.05, 4.69) is 57.4 Å². The first kappa shape index (κ1) is 34.0. The van der Waals surface area contributed by atoms with Crippen molar-refractivity contribution in [1.29, 1.82) is 0 Å². The lowest BCUT2D eigenvalue weighted by Crippen LogP contribution is -2.62. The zero-order chi connectivity index (χ0) is 34.7. The number of allylic oxidation sites excluding steroid dienone is 7. The van der Waals surface area contributed by atoms with Crippen molar-refractivity contribution in [3.05, 3.63) is 82.2 Å². The lowest BCUT2D eigenvalue weighted by atomic mass is 9.34.